The normalized spacial score (nSPS) is 15.2. The molecule has 0 bridgehead atoms. The summed E-state index contributed by atoms with van der Waals surface area (Å²) in [6.45, 7) is 2.01. The molecule has 0 spiro atoms. The van der Waals surface area contributed by atoms with E-state index in [0.717, 1.165) is 11.3 Å². The van der Waals surface area contributed by atoms with Crippen molar-refractivity contribution >= 4 is 11.9 Å². The maximum atomic E-state index is 4.00. The molecule has 0 unspecified atom stereocenters. The number of hydrogen-bond acceptors (Lipinski definition) is 3. The van der Waals surface area contributed by atoms with E-state index in [1.165, 1.54) is 0 Å². The van der Waals surface area contributed by atoms with Gasteiger partial charge in [0.1, 0.15) is 0 Å². The molecule has 0 aliphatic carbocycles. The van der Waals surface area contributed by atoms with Crippen LogP contribution in [0.4, 0.5) is 5.69 Å². The van der Waals surface area contributed by atoms with Gasteiger partial charge in [0, 0.05) is 6.20 Å². The van der Waals surface area contributed by atoms with Gasteiger partial charge in [-0.1, -0.05) is 18.2 Å². The van der Waals surface area contributed by atoms with Crippen LogP contribution in [0.5, 0.6) is 0 Å². The standard InChI is InChI=1S/C10H11N3/c1-9-7-11-12-13(8-9)10-5-3-2-4-6-10/h2-8,12H,1H3. The first-order valence-electron chi connectivity index (χ1n) is 4.18. The first-order valence-corrected chi connectivity index (χ1v) is 4.18. The lowest BCUT2D eigenvalue weighted by molar-refractivity contribution is 0.744. The predicted molar refractivity (Wildman–Crippen MR) is 54.3 cm³/mol. The average Bonchev–Trinajstić information content (AvgIpc) is 2.19. The van der Waals surface area contributed by atoms with Crippen LogP contribution in [0.2, 0.25) is 0 Å². The second-order valence-electron chi connectivity index (χ2n) is 2.94. The number of hydrogen-bond donors (Lipinski definition) is 1. The van der Waals surface area contributed by atoms with Gasteiger partial charge < -0.3 is 0 Å². The molecule has 3 nitrogen and oxygen atoms in total. The number of nitrogens with one attached hydrogen (secondary N) is 1. The van der Waals surface area contributed by atoms with Gasteiger partial charge in [-0.25, -0.2) is 10.5 Å². The first-order chi connectivity index (χ1) is 6.36. The van der Waals surface area contributed by atoms with Gasteiger partial charge in [-0.05, 0) is 24.6 Å². The largest absolute Gasteiger partial charge is 0.247 e. The Bertz CT molecular complexity index is 340. The highest BCUT2D eigenvalue weighted by Gasteiger charge is 2.03. The van der Waals surface area contributed by atoms with Crippen LogP contribution in [0, 0.1) is 0 Å². The summed E-state index contributed by atoms with van der Waals surface area (Å²) in [5.74, 6) is 0. The Morgan fingerprint density at radius 2 is 2.00 bits per heavy atom. The van der Waals surface area contributed by atoms with Crippen LogP contribution in [0.25, 0.3) is 0 Å². The molecule has 66 valence electrons. The van der Waals surface area contributed by atoms with Crippen molar-refractivity contribution in [3.63, 3.8) is 0 Å². The zero-order valence-electron chi connectivity index (χ0n) is 7.44. The van der Waals surface area contributed by atoms with Crippen molar-refractivity contribution in [1.29, 1.82) is 0 Å². The summed E-state index contributed by atoms with van der Waals surface area (Å²) in [7, 11) is 0. The quantitative estimate of drug-likeness (QED) is 0.702. The summed E-state index contributed by atoms with van der Waals surface area (Å²) in [6, 6.07) is 10.0. The summed E-state index contributed by atoms with van der Waals surface area (Å²) in [5.41, 5.74) is 5.10. The van der Waals surface area contributed by atoms with E-state index in [9.17, 15) is 0 Å². The van der Waals surface area contributed by atoms with Gasteiger partial charge in [-0.15, -0.1) is 0 Å². The maximum Gasteiger partial charge on any atom is 0.0639 e. The van der Waals surface area contributed by atoms with Gasteiger partial charge in [-0.2, -0.15) is 5.10 Å². The Morgan fingerprint density at radius 1 is 1.23 bits per heavy atom. The Morgan fingerprint density at radius 3 is 2.69 bits per heavy atom. The molecule has 1 aromatic carbocycles. The molecule has 0 saturated carbocycles. The highest BCUT2D eigenvalue weighted by Crippen LogP contribution is 2.13. The van der Waals surface area contributed by atoms with Gasteiger partial charge >= 0.3 is 0 Å². The highest BCUT2D eigenvalue weighted by molar-refractivity contribution is 5.79. The summed E-state index contributed by atoms with van der Waals surface area (Å²) in [5, 5.41) is 5.88. The first kappa shape index (κ1) is 7.86. The molecule has 1 heterocycles. The number of para-hydroxylation sites is 1. The van der Waals surface area contributed by atoms with Gasteiger partial charge in [0.25, 0.3) is 0 Å². The van der Waals surface area contributed by atoms with E-state index in [1.54, 1.807) is 6.21 Å². The molecule has 0 aromatic heterocycles. The van der Waals surface area contributed by atoms with E-state index in [1.807, 2.05) is 48.5 Å². The number of hydrazone groups is 1. The van der Waals surface area contributed by atoms with E-state index in [4.69, 9.17) is 0 Å². The number of hydrazine groups is 1. The zero-order valence-corrected chi connectivity index (χ0v) is 7.44. The van der Waals surface area contributed by atoms with Crippen molar-refractivity contribution in [2.75, 3.05) is 5.01 Å². The van der Waals surface area contributed by atoms with Crippen molar-refractivity contribution in [3.05, 3.63) is 42.1 Å². The van der Waals surface area contributed by atoms with Crippen molar-refractivity contribution in [1.82, 2.24) is 5.53 Å². The number of nitrogens with zero attached hydrogens (tertiary/aromatic N) is 2. The Labute approximate surface area is 77.3 Å². The molecular weight excluding hydrogens is 162 g/mol. The molecule has 0 amide bonds. The fraction of sp³-hybridized carbons (Fsp3) is 0.100. The molecule has 1 aliphatic heterocycles. The second kappa shape index (κ2) is 3.31. The van der Waals surface area contributed by atoms with Crippen molar-refractivity contribution in [2.24, 2.45) is 5.10 Å². The van der Waals surface area contributed by atoms with E-state index < -0.39 is 0 Å². The van der Waals surface area contributed by atoms with Gasteiger partial charge in [0.05, 0.1) is 11.9 Å². The lowest BCUT2D eigenvalue weighted by Gasteiger charge is -2.22. The van der Waals surface area contributed by atoms with Gasteiger partial charge in [0.15, 0.2) is 0 Å². The molecule has 3 heteroatoms. The van der Waals surface area contributed by atoms with Crippen molar-refractivity contribution in [2.45, 2.75) is 6.92 Å². The second-order valence-corrected chi connectivity index (χ2v) is 2.94. The fourth-order valence-corrected chi connectivity index (χ4v) is 1.18. The third-order valence-electron chi connectivity index (χ3n) is 1.80. The fourth-order valence-electron chi connectivity index (χ4n) is 1.18. The molecule has 0 saturated heterocycles. The Kier molecular flexibility index (Phi) is 2.00. The SMILES string of the molecule is CC1=CN(c2ccccc2)NN=C1. The van der Waals surface area contributed by atoms with Crippen LogP contribution < -0.4 is 10.5 Å². The molecule has 1 aliphatic rings. The van der Waals surface area contributed by atoms with E-state index in [0.29, 0.717) is 0 Å². The predicted octanol–water partition coefficient (Wildman–Crippen LogP) is 1.90. The minimum absolute atomic E-state index is 1.08. The molecule has 0 fully saturated rings. The monoisotopic (exact) mass is 173 g/mol. The van der Waals surface area contributed by atoms with E-state index in [-0.39, 0.29) is 0 Å². The summed E-state index contributed by atoms with van der Waals surface area (Å²) in [4.78, 5) is 0. The van der Waals surface area contributed by atoms with Crippen LogP contribution in [0.3, 0.4) is 0 Å². The summed E-state index contributed by atoms with van der Waals surface area (Å²) in [6.07, 6.45) is 3.79. The Balaban J connectivity index is 2.24. The zero-order chi connectivity index (χ0) is 9.10. The van der Waals surface area contributed by atoms with Crippen LogP contribution >= 0.6 is 0 Å². The summed E-state index contributed by atoms with van der Waals surface area (Å²) >= 11 is 0. The smallest absolute Gasteiger partial charge is 0.0639 e. The van der Waals surface area contributed by atoms with Crippen LogP contribution in [-0.4, -0.2) is 6.21 Å². The van der Waals surface area contributed by atoms with Crippen LogP contribution in [0.1, 0.15) is 6.92 Å². The molecule has 1 aromatic rings. The average molecular weight is 173 g/mol. The molecule has 0 atom stereocenters. The Hall–Kier alpha value is -1.77. The van der Waals surface area contributed by atoms with Crippen molar-refractivity contribution in [3.8, 4) is 0 Å². The number of allylic oxidation sites excluding steroid dienone is 1. The minimum atomic E-state index is 1.08. The molecule has 0 radical (unpaired) electrons. The van der Waals surface area contributed by atoms with Crippen LogP contribution in [0.15, 0.2) is 47.2 Å². The number of anilines is 1. The molecule has 1 N–H and O–H groups in total. The summed E-state index contributed by atoms with van der Waals surface area (Å²) < 4.78 is 0. The number of benzene rings is 1. The highest BCUT2D eigenvalue weighted by atomic mass is 15.7. The van der Waals surface area contributed by atoms with Crippen LogP contribution in [-0.2, 0) is 0 Å². The van der Waals surface area contributed by atoms with E-state index in [2.05, 4.69) is 10.6 Å². The molecule has 13 heavy (non-hydrogen) atoms. The number of rotatable bonds is 1. The van der Waals surface area contributed by atoms with Gasteiger partial charge in [0.2, 0.25) is 0 Å². The maximum absolute atomic E-state index is 4.00. The van der Waals surface area contributed by atoms with E-state index >= 15 is 0 Å². The third kappa shape index (κ3) is 1.69. The minimum Gasteiger partial charge on any atom is -0.247 e. The lowest BCUT2D eigenvalue weighted by Crippen LogP contribution is -2.31. The van der Waals surface area contributed by atoms with Gasteiger partial charge in [-0.3, -0.25) is 0 Å². The topological polar surface area (TPSA) is 27.6 Å². The molecular formula is C10H11N3. The lowest BCUT2D eigenvalue weighted by atomic mass is 10.3. The molecule has 2 rings (SSSR count). The third-order valence-corrected chi connectivity index (χ3v) is 1.80. The van der Waals surface area contributed by atoms with Crippen molar-refractivity contribution < 1.29 is 0 Å².